The Morgan fingerprint density at radius 2 is 1.73 bits per heavy atom. The van der Waals surface area contributed by atoms with Gasteiger partial charge in [0.15, 0.2) is 0 Å². The van der Waals surface area contributed by atoms with Crippen molar-refractivity contribution in [3.63, 3.8) is 0 Å². The zero-order valence-corrected chi connectivity index (χ0v) is 5.94. The van der Waals surface area contributed by atoms with E-state index in [1.165, 1.54) is 12.1 Å². The second-order valence-electron chi connectivity index (χ2n) is 2.17. The van der Waals surface area contributed by atoms with Crippen LogP contribution in [-0.4, -0.2) is 0 Å². The Morgan fingerprint density at radius 1 is 1.09 bits per heavy atom. The van der Waals surface area contributed by atoms with Gasteiger partial charge in [0.1, 0.15) is 11.4 Å². The molecule has 11 heavy (non-hydrogen) atoms. The molecule has 0 fully saturated rings. The maximum absolute atomic E-state index is 10.1. The first-order valence-electron chi connectivity index (χ1n) is 3.05. The molecule has 1 aromatic rings. The van der Waals surface area contributed by atoms with Gasteiger partial charge < -0.3 is 0 Å². The number of nitroso groups, excluding NO2 is 2. The van der Waals surface area contributed by atoms with Gasteiger partial charge in [-0.3, -0.25) is 0 Å². The fourth-order valence-corrected chi connectivity index (χ4v) is 0.784. The van der Waals surface area contributed by atoms with Crippen LogP contribution in [0.5, 0.6) is 0 Å². The van der Waals surface area contributed by atoms with E-state index in [0.717, 1.165) is 5.56 Å². The topological polar surface area (TPSA) is 58.9 Å². The van der Waals surface area contributed by atoms with Crippen molar-refractivity contribution in [1.82, 2.24) is 0 Å². The van der Waals surface area contributed by atoms with E-state index in [2.05, 4.69) is 10.4 Å². The number of rotatable bonds is 2. The molecule has 0 aliphatic heterocycles. The highest BCUT2D eigenvalue weighted by Crippen LogP contribution is 2.27. The summed E-state index contributed by atoms with van der Waals surface area (Å²) in [5, 5.41) is 5.30. The van der Waals surface area contributed by atoms with Gasteiger partial charge in [-0.15, -0.1) is 9.81 Å². The fraction of sp³-hybridized carbons (Fsp3) is 0.143. The van der Waals surface area contributed by atoms with E-state index in [4.69, 9.17) is 0 Å². The van der Waals surface area contributed by atoms with Crippen molar-refractivity contribution in [2.75, 3.05) is 0 Å². The first-order valence-corrected chi connectivity index (χ1v) is 3.05. The van der Waals surface area contributed by atoms with Crippen LogP contribution in [0, 0.1) is 16.7 Å². The SMILES string of the molecule is Cc1ccc(N=O)c(N=O)c1. The molecule has 1 rings (SSSR count). The summed E-state index contributed by atoms with van der Waals surface area (Å²) in [4.78, 5) is 20.1. The van der Waals surface area contributed by atoms with Gasteiger partial charge in [0, 0.05) is 0 Å². The summed E-state index contributed by atoms with van der Waals surface area (Å²) in [7, 11) is 0. The molecule has 0 aliphatic carbocycles. The standard InChI is InChI=1S/C7H6N2O2/c1-5-2-3-6(8-10)7(4-5)9-11/h2-4H,1H3. The van der Waals surface area contributed by atoms with Crippen molar-refractivity contribution in [3.05, 3.63) is 33.6 Å². The van der Waals surface area contributed by atoms with E-state index in [1.807, 2.05) is 6.92 Å². The van der Waals surface area contributed by atoms with Gasteiger partial charge in [0.05, 0.1) is 0 Å². The quantitative estimate of drug-likeness (QED) is 0.608. The number of benzene rings is 1. The third kappa shape index (κ3) is 1.46. The van der Waals surface area contributed by atoms with Crippen LogP contribution in [0.4, 0.5) is 11.4 Å². The van der Waals surface area contributed by atoms with Crippen molar-refractivity contribution in [2.45, 2.75) is 6.92 Å². The van der Waals surface area contributed by atoms with Crippen molar-refractivity contribution in [1.29, 1.82) is 0 Å². The van der Waals surface area contributed by atoms with E-state index < -0.39 is 0 Å². The van der Waals surface area contributed by atoms with Crippen molar-refractivity contribution in [2.24, 2.45) is 10.4 Å². The molecule has 0 atom stereocenters. The molecule has 0 N–H and O–H groups in total. The summed E-state index contributed by atoms with van der Waals surface area (Å²) in [5.41, 5.74) is 1.07. The Hall–Kier alpha value is -1.58. The number of nitrogens with zero attached hydrogens (tertiary/aromatic N) is 2. The van der Waals surface area contributed by atoms with Gasteiger partial charge in [-0.25, -0.2) is 0 Å². The van der Waals surface area contributed by atoms with Gasteiger partial charge in [-0.2, -0.15) is 0 Å². The van der Waals surface area contributed by atoms with E-state index in [1.54, 1.807) is 6.07 Å². The van der Waals surface area contributed by atoms with Crippen LogP contribution in [0.3, 0.4) is 0 Å². The van der Waals surface area contributed by atoms with Gasteiger partial charge in [0.25, 0.3) is 0 Å². The molecule has 0 heterocycles. The Kier molecular flexibility index (Phi) is 2.06. The maximum Gasteiger partial charge on any atom is 0.137 e. The minimum absolute atomic E-state index is 0.0885. The minimum Gasteiger partial charge on any atom is -0.145 e. The molecule has 4 nitrogen and oxygen atoms in total. The van der Waals surface area contributed by atoms with Crippen LogP contribution < -0.4 is 0 Å². The summed E-state index contributed by atoms with van der Waals surface area (Å²) in [5.74, 6) is 0. The molecule has 56 valence electrons. The minimum atomic E-state index is 0.0885. The summed E-state index contributed by atoms with van der Waals surface area (Å²) < 4.78 is 0. The fourth-order valence-electron chi connectivity index (χ4n) is 0.784. The van der Waals surface area contributed by atoms with Gasteiger partial charge in [0.2, 0.25) is 0 Å². The highest BCUT2D eigenvalue weighted by Gasteiger charge is 2.01. The van der Waals surface area contributed by atoms with Crippen LogP contribution in [0.25, 0.3) is 0 Å². The third-order valence-electron chi connectivity index (χ3n) is 1.33. The molecule has 0 unspecified atom stereocenters. The lowest BCUT2D eigenvalue weighted by Gasteiger charge is -1.93. The summed E-state index contributed by atoms with van der Waals surface area (Å²) in [6, 6.07) is 4.69. The van der Waals surface area contributed by atoms with Crippen LogP contribution in [-0.2, 0) is 0 Å². The lowest BCUT2D eigenvalue weighted by Crippen LogP contribution is -1.70. The number of hydrogen-bond acceptors (Lipinski definition) is 4. The van der Waals surface area contributed by atoms with Crippen LogP contribution in [0.2, 0.25) is 0 Å². The Morgan fingerprint density at radius 3 is 2.27 bits per heavy atom. The Balaban J connectivity index is 3.26. The van der Waals surface area contributed by atoms with Crippen molar-refractivity contribution < 1.29 is 0 Å². The maximum atomic E-state index is 10.1. The van der Waals surface area contributed by atoms with E-state index >= 15 is 0 Å². The molecule has 0 saturated heterocycles. The predicted molar refractivity (Wildman–Crippen MR) is 42.1 cm³/mol. The molecule has 0 aliphatic rings. The van der Waals surface area contributed by atoms with E-state index in [-0.39, 0.29) is 11.4 Å². The summed E-state index contributed by atoms with van der Waals surface area (Å²) >= 11 is 0. The zero-order chi connectivity index (χ0) is 8.27. The molecule has 0 amide bonds. The van der Waals surface area contributed by atoms with Crippen LogP contribution in [0.15, 0.2) is 28.6 Å². The monoisotopic (exact) mass is 150 g/mol. The normalized spacial score (nSPS) is 9.18. The molecule has 1 aromatic carbocycles. The Labute approximate surface area is 63.2 Å². The Bertz CT molecular complexity index is 296. The van der Waals surface area contributed by atoms with Crippen molar-refractivity contribution in [3.8, 4) is 0 Å². The highest BCUT2D eigenvalue weighted by molar-refractivity contribution is 5.62. The first kappa shape index (κ1) is 7.53. The van der Waals surface area contributed by atoms with Crippen LogP contribution >= 0.6 is 0 Å². The second kappa shape index (κ2) is 3.01. The summed E-state index contributed by atoms with van der Waals surface area (Å²) in [6.45, 7) is 1.81. The van der Waals surface area contributed by atoms with Crippen LogP contribution in [0.1, 0.15) is 5.56 Å². The third-order valence-corrected chi connectivity index (χ3v) is 1.33. The molecule has 0 radical (unpaired) electrons. The molecule has 4 heteroatoms. The van der Waals surface area contributed by atoms with E-state index in [0.29, 0.717) is 0 Å². The van der Waals surface area contributed by atoms with Gasteiger partial charge in [-0.05, 0) is 35.0 Å². The number of hydrogen-bond donors (Lipinski definition) is 0. The molecular weight excluding hydrogens is 144 g/mol. The molecule has 0 aromatic heterocycles. The molecular formula is C7H6N2O2. The van der Waals surface area contributed by atoms with Crippen molar-refractivity contribution >= 4 is 11.4 Å². The van der Waals surface area contributed by atoms with Gasteiger partial charge in [-0.1, -0.05) is 6.07 Å². The average Bonchev–Trinajstić information content (AvgIpc) is 2.04. The predicted octanol–water partition coefficient (Wildman–Crippen LogP) is 2.79. The lowest BCUT2D eigenvalue weighted by molar-refractivity contribution is 1.37. The molecule has 0 bridgehead atoms. The smallest absolute Gasteiger partial charge is 0.137 e. The molecule has 0 saturated carbocycles. The lowest BCUT2D eigenvalue weighted by atomic mass is 10.2. The number of aryl methyl sites for hydroxylation is 1. The zero-order valence-electron chi connectivity index (χ0n) is 5.94. The summed E-state index contributed by atoms with van der Waals surface area (Å²) in [6.07, 6.45) is 0. The largest absolute Gasteiger partial charge is 0.145 e. The second-order valence-corrected chi connectivity index (χ2v) is 2.17. The molecule has 0 spiro atoms. The van der Waals surface area contributed by atoms with Gasteiger partial charge >= 0.3 is 0 Å². The highest BCUT2D eigenvalue weighted by atomic mass is 16.3. The van der Waals surface area contributed by atoms with E-state index in [9.17, 15) is 9.81 Å². The first-order chi connectivity index (χ1) is 5.27. The average molecular weight is 150 g/mol.